The predicted molar refractivity (Wildman–Crippen MR) is 79.5 cm³/mol. The van der Waals surface area contributed by atoms with Gasteiger partial charge in [-0.05, 0) is 37.0 Å². The Hall–Kier alpha value is -1.31. The van der Waals surface area contributed by atoms with Crippen molar-refractivity contribution < 1.29 is 9.53 Å². The van der Waals surface area contributed by atoms with Crippen molar-refractivity contribution in [2.45, 2.75) is 41.0 Å². The summed E-state index contributed by atoms with van der Waals surface area (Å²) in [5.41, 5.74) is 1.20. The van der Waals surface area contributed by atoms with Gasteiger partial charge in [-0.15, -0.1) is 0 Å². The first kappa shape index (κ1) is 15.7. The summed E-state index contributed by atoms with van der Waals surface area (Å²) < 4.78 is 5.43. The first-order valence-electron chi connectivity index (χ1n) is 7.21. The van der Waals surface area contributed by atoms with E-state index in [1.807, 2.05) is 32.9 Å². The molecule has 1 unspecified atom stereocenters. The molecule has 0 aliphatic carbocycles. The molecule has 1 aromatic carbocycles. The highest BCUT2D eigenvalue weighted by Crippen LogP contribution is 2.23. The maximum absolute atomic E-state index is 12.2. The zero-order valence-corrected chi connectivity index (χ0v) is 12.8. The molecule has 2 heteroatoms. The maximum atomic E-state index is 12.2. The van der Waals surface area contributed by atoms with Gasteiger partial charge in [0.1, 0.15) is 11.5 Å². The van der Waals surface area contributed by atoms with Gasteiger partial charge in [-0.1, -0.05) is 39.8 Å². The lowest BCUT2D eigenvalue weighted by molar-refractivity contribution is -0.127. The van der Waals surface area contributed by atoms with Crippen LogP contribution in [0.25, 0.3) is 0 Å². The standard InChI is InChI=1S/C17H26O2/c1-6-19-15-9-7-14(8-10-15)11-16(12(2)3)17(18)13(4)5/h7-10,12-13,16H,6,11H2,1-5H3. The summed E-state index contributed by atoms with van der Waals surface area (Å²) in [6.07, 6.45) is 0.821. The van der Waals surface area contributed by atoms with Gasteiger partial charge in [0, 0.05) is 11.8 Å². The van der Waals surface area contributed by atoms with E-state index in [0.717, 1.165) is 12.2 Å². The van der Waals surface area contributed by atoms with Crippen LogP contribution in [-0.2, 0) is 11.2 Å². The summed E-state index contributed by atoms with van der Waals surface area (Å²) >= 11 is 0. The molecule has 0 saturated heterocycles. The number of hydrogen-bond acceptors (Lipinski definition) is 2. The molecule has 0 radical (unpaired) electrons. The summed E-state index contributed by atoms with van der Waals surface area (Å²) in [5.74, 6) is 1.85. The molecule has 0 fully saturated rings. The fourth-order valence-electron chi connectivity index (χ4n) is 2.24. The number of carbonyl (C=O) groups excluding carboxylic acids is 1. The molecule has 0 amide bonds. The summed E-state index contributed by atoms with van der Waals surface area (Å²) in [7, 11) is 0. The van der Waals surface area contributed by atoms with Crippen molar-refractivity contribution in [1.82, 2.24) is 0 Å². The van der Waals surface area contributed by atoms with Crippen LogP contribution >= 0.6 is 0 Å². The lowest BCUT2D eigenvalue weighted by Crippen LogP contribution is -2.26. The molecule has 2 nitrogen and oxygen atoms in total. The number of hydrogen-bond donors (Lipinski definition) is 0. The lowest BCUT2D eigenvalue weighted by atomic mass is 9.82. The molecule has 0 aliphatic heterocycles. The molecule has 0 aromatic heterocycles. The zero-order chi connectivity index (χ0) is 14.4. The minimum atomic E-state index is 0.107. The average Bonchev–Trinajstić information content (AvgIpc) is 2.37. The van der Waals surface area contributed by atoms with E-state index >= 15 is 0 Å². The Morgan fingerprint density at radius 2 is 1.68 bits per heavy atom. The Morgan fingerprint density at radius 1 is 1.11 bits per heavy atom. The van der Waals surface area contributed by atoms with Crippen LogP contribution in [0.5, 0.6) is 5.75 Å². The molecule has 0 heterocycles. The van der Waals surface area contributed by atoms with Gasteiger partial charge >= 0.3 is 0 Å². The highest BCUT2D eigenvalue weighted by Gasteiger charge is 2.24. The highest BCUT2D eigenvalue weighted by molar-refractivity contribution is 5.83. The molecule has 0 aliphatic rings. The lowest BCUT2D eigenvalue weighted by Gasteiger charge is -2.21. The van der Waals surface area contributed by atoms with Gasteiger partial charge in [-0.2, -0.15) is 0 Å². The summed E-state index contributed by atoms with van der Waals surface area (Å²) in [4.78, 5) is 12.2. The van der Waals surface area contributed by atoms with Crippen molar-refractivity contribution in [1.29, 1.82) is 0 Å². The molecule has 1 aromatic rings. The van der Waals surface area contributed by atoms with Crippen LogP contribution in [-0.4, -0.2) is 12.4 Å². The van der Waals surface area contributed by atoms with E-state index in [9.17, 15) is 4.79 Å². The normalized spacial score (nSPS) is 12.8. The van der Waals surface area contributed by atoms with Gasteiger partial charge in [0.05, 0.1) is 6.61 Å². The Labute approximate surface area is 117 Å². The molecular formula is C17H26O2. The zero-order valence-electron chi connectivity index (χ0n) is 12.8. The van der Waals surface area contributed by atoms with E-state index in [1.54, 1.807) is 0 Å². The van der Waals surface area contributed by atoms with Gasteiger partial charge in [0.2, 0.25) is 0 Å². The molecule has 106 valence electrons. The first-order valence-corrected chi connectivity index (χ1v) is 7.21. The van der Waals surface area contributed by atoms with Crippen LogP contribution in [0.1, 0.15) is 40.2 Å². The SMILES string of the molecule is CCOc1ccc(CC(C(=O)C(C)C)C(C)C)cc1. The molecule has 0 spiro atoms. The molecule has 0 saturated carbocycles. The van der Waals surface area contributed by atoms with Gasteiger partial charge in [-0.25, -0.2) is 0 Å². The number of ketones is 1. The van der Waals surface area contributed by atoms with Crippen molar-refractivity contribution in [3.63, 3.8) is 0 Å². The predicted octanol–water partition coefficient (Wildman–Crippen LogP) is 4.13. The third-order valence-electron chi connectivity index (χ3n) is 3.43. The smallest absolute Gasteiger partial charge is 0.139 e. The third-order valence-corrected chi connectivity index (χ3v) is 3.43. The first-order chi connectivity index (χ1) is 8.95. The minimum Gasteiger partial charge on any atom is -0.494 e. The number of carbonyl (C=O) groups is 1. The second-order valence-electron chi connectivity index (χ2n) is 5.69. The monoisotopic (exact) mass is 262 g/mol. The highest BCUT2D eigenvalue weighted by atomic mass is 16.5. The largest absolute Gasteiger partial charge is 0.494 e. The molecular weight excluding hydrogens is 236 g/mol. The van der Waals surface area contributed by atoms with E-state index in [0.29, 0.717) is 18.3 Å². The number of ether oxygens (including phenoxy) is 1. The fourth-order valence-corrected chi connectivity index (χ4v) is 2.24. The molecule has 19 heavy (non-hydrogen) atoms. The molecule has 0 bridgehead atoms. The van der Waals surface area contributed by atoms with Crippen molar-refractivity contribution >= 4 is 5.78 Å². The van der Waals surface area contributed by atoms with E-state index in [4.69, 9.17) is 4.74 Å². The summed E-state index contributed by atoms with van der Waals surface area (Å²) in [6.45, 7) is 10.9. The Bertz CT molecular complexity index is 390. The Balaban J connectivity index is 2.76. The fraction of sp³-hybridized carbons (Fsp3) is 0.588. The van der Waals surface area contributed by atoms with E-state index in [1.165, 1.54) is 5.56 Å². The second-order valence-corrected chi connectivity index (χ2v) is 5.69. The molecule has 1 rings (SSSR count). The second kappa shape index (κ2) is 7.32. The van der Waals surface area contributed by atoms with E-state index in [2.05, 4.69) is 26.0 Å². The van der Waals surface area contributed by atoms with Crippen LogP contribution in [0.15, 0.2) is 24.3 Å². The molecule has 0 N–H and O–H groups in total. The van der Waals surface area contributed by atoms with Gasteiger partial charge in [0.25, 0.3) is 0 Å². The van der Waals surface area contributed by atoms with E-state index in [-0.39, 0.29) is 11.8 Å². The maximum Gasteiger partial charge on any atom is 0.139 e. The number of rotatable bonds is 7. The van der Waals surface area contributed by atoms with Crippen LogP contribution in [0.4, 0.5) is 0 Å². The van der Waals surface area contributed by atoms with Gasteiger partial charge in [0.15, 0.2) is 0 Å². The van der Waals surface area contributed by atoms with Crippen molar-refractivity contribution in [3.8, 4) is 5.75 Å². The minimum absolute atomic E-state index is 0.107. The van der Waals surface area contributed by atoms with Crippen molar-refractivity contribution in [3.05, 3.63) is 29.8 Å². The molecule has 1 atom stereocenters. The number of Topliss-reactive ketones (excluding diaryl/α,β-unsaturated/α-hetero) is 1. The van der Waals surface area contributed by atoms with Crippen LogP contribution in [0.3, 0.4) is 0 Å². The van der Waals surface area contributed by atoms with Crippen LogP contribution in [0.2, 0.25) is 0 Å². The van der Waals surface area contributed by atoms with Crippen LogP contribution in [0, 0.1) is 17.8 Å². The number of benzene rings is 1. The van der Waals surface area contributed by atoms with Crippen molar-refractivity contribution in [2.24, 2.45) is 17.8 Å². The van der Waals surface area contributed by atoms with Gasteiger partial charge < -0.3 is 4.74 Å². The summed E-state index contributed by atoms with van der Waals surface area (Å²) in [6, 6.07) is 8.09. The van der Waals surface area contributed by atoms with Crippen LogP contribution < -0.4 is 4.74 Å². The Kier molecular flexibility index (Phi) is 6.07. The quantitative estimate of drug-likeness (QED) is 0.738. The Morgan fingerprint density at radius 3 is 2.11 bits per heavy atom. The summed E-state index contributed by atoms with van der Waals surface area (Å²) in [5, 5.41) is 0. The topological polar surface area (TPSA) is 26.3 Å². The third kappa shape index (κ3) is 4.70. The van der Waals surface area contributed by atoms with Crippen molar-refractivity contribution in [2.75, 3.05) is 6.61 Å². The van der Waals surface area contributed by atoms with E-state index < -0.39 is 0 Å². The average molecular weight is 262 g/mol. The van der Waals surface area contributed by atoms with Gasteiger partial charge in [-0.3, -0.25) is 4.79 Å².